The Morgan fingerprint density at radius 1 is 1.04 bits per heavy atom. The Hall–Kier alpha value is -1.80. The molecule has 0 atom stereocenters. The van der Waals surface area contributed by atoms with Gasteiger partial charge in [0, 0.05) is 44.0 Å². The minimum Gasteiger partial charge on any atom is -0.335 e. The molecule has 1 aromatic carbocycles. The van der Waals surface area contributed by atoms with Crippen molar-refractivity contribution >= 4 is 33.4 Å². The van der Waals surface area contributed by atoms with Gasteiger partial charge < -0.3 is 15.1 Å². The summed E-state index contributed by atoms with van der Waals surface area (Å²) in [5.74, 6) is -0.256. The first-order chi connectivity index (χ1) is 13.3. The molecule has 9 heteroatoms. The van der Waals surface area contributed by atoms with Crippen LogP contribution in [0.5, 0.6) is 0 Å². The van der Waals surface area contributed by atoms with E-state index in [1.165, 1.54) is 24.6 Å². The van der Waals surface area contributed by atoms with Crippen molar-refractivity contribution in [1.82, 2.24) is 15.1 Å². The number of rotatable bonds is 3. The molecule has 1 aliphatic heterocycles. The summed E-state index contributed by atoms with van der Waals surface area (Å²) in [4.78, 5) is 28.5. The second kappa shape index (κ2) is 8.69. The summed E-state index contributed by atoms with van der Waals surface area (Å²) < 4.78 is 23.7. The minimum absolute atomic E-state index is 0.0505. The predicted octanol–water partition coefficient (Wildman–Crippen LogP) is 2.54. The highest BCUT2D eigenvalue weighted by Crippen LogP contribution is 2.23. The van der Waals surface area contributed by atoms with E-state index in [4.69, 9.17) is 11.6 Å². The highest BCUT2D eigenvalue weighted by Gasteiger charge is 2.27. The summed E-state index contributed by atoms with van der Waals surface area (Å²) in [5.41, 5.74) is 0.282. The fraction of sp³-hybridized carbons (Fsp3) is 0.579. The fourth-order valence-electron chi connectivity index (χ4n) is 3.73. The van der Waals surface area contributed by atoms with Crippen LogP contribution in [0, 0.1) is 0 Å². The lowest BCUT2D eigenvalue weighted by atomic mass is 9.96. The van der Waals surface area contributed by atoms with Crippen LogP contribution >= 0.6 is 11.6 Å². The summed E-state index contributed by atoms with van der Waals surface area (Å²) >= 11 is 5.95. The molecule has 0 bridgehead atoms. The smallest absolute Gasteiger partial charge is 0.317 e. The van der Waals surface area contributed by atoms with Gasteiger partial charge in [0.2, 0.25) is 0 Å². The lowest BCUT2D eigenvalue weighted by Crippen LogP contribution is -2.54. The summed E-state index contributed by atoms with van der Waals surface area (Å²) in [6.45, 7) is 1.73. The molecule has 0 unspecified atom stereocenters. The molecule has 3 rings (SSSR count). The van der Waals surface area contributed by atoms with Crippen molar-refractivity contribution in [2.45, 2.75) is 43.0 Å². The van der Waals surface area contributed by atoms with Crippen LogP contribution in [-0.4, -0.2) is 68.6 Å². The minimum atomic E-state index is -3.52. The van der Waals surface area contributed by atoms with Gasteiger partial charge in [0.1, 0.15) is 0 Å². The molecule has 0 aromatic heterocycles. The summed E-state index contributed by atoms with van der Waals surface area (Å²) in [6, 6.07) is 4.47. The van der Waals surface area contributed by atoms with Gasteiger partial charge in [-0.15, -0.1) is 0 Å². The Morgan fingerprint density at radius 3 is 2.25 bits per heavy atom. The number of hydrogen-bond acceptors (Lipinski definition) is 4. The monoisotopic (exact) mass is 427 g/mol. The summed E-state index contributed by atoms with van der Waals surface area (Å²) in [6.07, 6.45) is 6.67. The Balaban J connectivity index is 1.58. The van der Waals surface area contributed by atoms with Gasteiger partial charge in [-0.25, -0.2) is 13.2 Å². The van der Waals surface area contributed by atoms with E-state index in [1.54, 1.807) is 9.80 Å². The molecule has 0 spiro atoms. The largest absolute Gasteiger partial charge is 0.335 e. The number of hydrogen-bond donors (Lipinski definition) is 1. The SMILES string of the molecule is CS(=O)(=O)c1cc(C(=O)N2CCN(C(=O)NC3CCCCC3)CC2)ccc1Cl. The molecule has 1 aliphatic carbocycles. The van der Waals surface area contributed by atoms with E-state index in [1.807, 2.05) is 0 Å². The maximum atomic E-state index is 12.8. The van der Waals surface area contributed by atoms with Crippen LogP contribution in [0.2, 0.25) is 5.02 Å². The van der Waals surface area contributed by atoms with Crippen LogP contribution in [0.3, 0.4) is 0 Å². The maximum absolute atomic E-state index is 12.8. The summed E-state index contributed by atoms with van der Waals surface area (Å²) in [5, 5.41) is 3.20. The van der Waals surface area contributed by atoms with E-state index in [-0.39, 0.29) is 33.5 Å². The third-order valence-corrected chi connectivity index (χ3v) is 6.94. The number of nitrogens with one attached hydrogen (secondary N) is 1. The van der Waals surface area contributed by atoms with Crippen LogP contribution in [0.15, 0.2) is 23.1 Å². The lowest BCUT2D eigenvalue weighted by Gasteiger charge is -2.36. The molecular formula is C19H26ClN3O4S. The topological polar surface area (TPSA) is 86.8 Å². The van der Waals surface area contributed by atoms with Gasteiger partial charge in [0.15, 0.2) is 9.84 Å². The molecule has 7 nitrogen and oxygen atoms in total. The molecule has 28 heavy (non-hydrogen) atoms. The number of halogens is 1. The van der Waals surface area contributed by atoms with Crippen molar-refractivity contribution < 1.29 is 18.0 Å². The predicted molar refractivity (Wildman–Crippen MR) is 107 cm³/mol. The zero-order valence-electron chi connectivity index (χ0n) is 16.0. The Labute approximate surface area is 170 Å². The highest BCUT2D eigenvalue weighted by atomic mass is 35.5. The first-order valence-electron chi connectivity index (χ1n) is 9.60. The Bertz CT molecular complexity index is 845. The van der Waals surface area contributed by atoms with E-state index in [2.05, 4.69) is 5.32 Å². The normalized spacial score (nSPS) is 18.8. The van der Waals surface area contributed by atoms with Gasteiger partial charge in [-0.1, -0.05) is 30.9 Å². The van der Waals surface area contributed by atoms with Gasteiger partial charge in [0.25, 0.3) is 5.91 Å². The lowest BCUT2D eigenvalue weighted by molar-refractivity contribution is 0.0662. The van der Waals surface area contributed by atoms with Crippen molar-refractivity contribution in [1.29, 1.82) is 0 Å². The molecule has 1 saturated heterocycles. The molecule has 1 aromatic rings. The van der Waals surface area contributed by atoms with E-state index in [9.17, 15) is 18.0 Å². The molecule has 1 heterocycles. The number of carbonyl (C=O) groups excluding carboxylic acids is 2. The van der Waals surface area contributed by atoms with Gasteiger partial charge >= 0.3 is 6.03 Å². The standard InChI is InChI=1S/C19H26ClN3O4S/c1-28(26,27)17-13-14(7-8-16(17)20)18(24)22-9-11-23(12-10-22)19(25)21-15-5-3-2-4-6-15/h7-8,13,15H,2-6,9-12H2,1H3,(H,21,25). The quantitative estimate of drug-likeness (QED) is 0.803. The molecule has 0 radical (unpaired) electrons. The number of benzene rings is 1. The van der Waals surface area contributed by atoms with Gasteiger partial charge in [0.05, 0.1) is 9.92 Å². The highest BCUT2D eigenvalue weighted by molar-refractivity contribution is 7.90. The van der Waals surface area contributed by atoms with E-state index >= 15 is 0 Å². The second-order valence-electron chi connectivity index (χ2n) is 7.48. The fourth-order valence-corrected chi connectivity index (χ4v) is 5.03. The van der Waals surface area contributed by atoms with Crippen molar-refractivity contribution in [3.63, 3.8) is 0 Å². The first-order valence-corrected chi connectivity index (χ1v) is 11.9. The van der Waals surface area contributed by atoms with Crippen LogP contribution < -0.4 is 5.32 Å². The van der Waals surface area contributed by atoms with Gasteiger partial charge in [-0.3, -0.25) is 4.79 Å². The summed E-state index contributed by atoms with van der Waals surface area (Å²) in [7, 11) is -3.52. The molecule has 2 aliphatic rings. The van der Waals surface area contributed by atoms with Gasteiger partial charge in [-0.05, 0) is 31.0 Å². The van der Waals surface area contributed by atoms with Crippen LogP contribution in [-0.2, 0) is 9.84 Å². The Morgan fingerprint density at radius 2 is 1.64 bits per heavy atom. The van der Waals surface area contributed by atoms with E-state index in [0.29, 0.717) is 26.2 Å². The first kappa shape index (κ1) is 20.9. The van der Waals surface area contributed by atoms with Crippen molar-refractivity contribution in [2.24, 2.45) is 0 Å². The van der Waals surface area contributed by atoms with E-state index < -0.39 is 9.84 Å². The van der Waals surface area contributed by atoms with E-state index in [0.717, 1.165) is 31.9 Å². The molecule has 1 N–H and O–H groups in total. The molecule has 154 valence electrons. The molecule has 3 amide bonds. The van der Waals surface area contributed by atoms with Crippen LogP contribution in [0.25, 0.3) is 0 Å². The van der Waals surface area contributed by atoms with Crippen molar-refractivity contribution in [2.75, 3.05) is 32.4 Å². The molecule has 1 saturated carbocycles. The third kappa shape index (κ3) is 4.97. The van der Waals surface area contributed by atoms with Gasteiger partial charge in [-0.2, -0.15) is 0 Å². The average Bonchev–Trinajstić information content (AvgIpc) is 2.68. The number of sulfone groups is 1. The Kier molecular flexibility index (Phi) is 6.50. The van der Waals surface area contributed by atoms with Crippen molar-refractivity contribution in [3.05, 3.63) is 28.8 Å². The number of urea groups is 1. The maximum Gasteiger partial charge on any atom is 0.317 e. The van der Waals surface area contributed by atoms with Crippen LogP contribution in [0.4, 0.5) is 4.79 Å². The number of piperazine rings is 1. The molecule has 2 fully saturated rings. The van der Waals surface area contributed by atoms with Crippen molar-refractivity contribution in [3.8, 4) is 0 Å². The number of amides is 3. The third-order valence-electron chi connectivity index (χ3n) is 5.36. The zero-order chi connectivity index (χ0) is 20.3. The molecular weight excluding hydrogens is 402 g/mol. The number of nitrogens with zero attached hydrogens (tertiary/aromatic N) is 2. The van der Waals surface area contributed by atoms with Crippen LogP contribution in [0.1, 0.15) is 42.5 Å². The average molecular weight is 428 g/mol. The number of carbonyl (C=O) groups is 2. The second-order valence-corrected chi connectivity index (χ2v) is 9.87. The zero-order valence-corrected chi connectivity index (χ0v) is 17.6.